The molecule has 0 aliphatic rings. The van der Waals surface area contributed by atoms with Crippen molar-refractivity contribution < 1.29 is 0 Å². The van der Waals surface area contributed by atoms with Crippen molar-refractivity contribution in [2.24, 2.45) is 7.05 Å². The molecule has 5 nitrogen and oxygen atoms in total. The van der Waals surface area contributed by atoms with Gasteiger partial charge in [-0.1, -0.05) is 18.5 Å². The van der Waals surface area contributed by atoms with Crippen LogP contribution in [0.15, 0.2) is 6.20 Å². The largest absolute Gasteiger partial charge is 0.296 e. The Bertz CT molecular complexity index is 551. The van der Waals surface area contributed by atoms with Gasteiger partial charge in [0.25, 0.3) is 0 Å². The number of hydrogen-bond acceptors (Lipinski definition) is 4. The van der Waals surface area contributed by atoms with Gasteiger partial charge in [0.05, 0.1) is 18.1 Å². The van der Waals surface area contributed by atoms with Gasteiger partial charge >= 0.3 is 0 Å². The molecule has 0 bridgehead atoms. The second-order valence-electron chi connectivity index (χ2n) is 4.61. The SMILES string of the molecule is CCC(C)N(C)Cc1nc(Cl)c2cnn(C)c2n1. The molecule has 18 heavy (non-hydrogen) atoms. The molecular formula is C12H18ClN5. The molecule has 0 aliphatic heterocycles. The minimum absolute atomic E-state index is 0.473. The highest BCUT2D eigenvalue weighted by molar-refractivity contribution is 6.33. The normalized spacial score (nSPS) is 13.4. The first-order valence-electron chi connectivity index (χ1n) is 6.07. The van der Waals surface area contributed by atoms with E-state index in [0.717, 1.165) is 23.3 Å². The molecular weight excluding hydrogens is 250 g/mol. The summed E-state index contributed by atoms with van der Waals surface area (Å²) in [4.78, 5) is 11.1. The van der Waals surface area contributed by atoms with Crippen molar-refractivity contribution in [3.05, 3.63) is 17.2 Å². The van der Waals surface area contributed by atoms with E-state index in [4.69, 9.17) is 11.6 Å². The van der Waals surface area contributed by atoms with Gasteiger partial charge in [-0.15, -0.1) is 0 Å². The smallest absolute Gasteiger partial charge is 0.162 e. The summed E-state index contributed by atoms with van der Waals surface area (Å²) in [6.07, 6.45) is 2.79. The number of aryl methyl sites for hydroxylation is 1. The Morgan fingerprint density at radius 3 is 2.83 bits per heavy atom. The van der Waals surface area contributed by atoms with Crippen molar-refractivity contribution in [2.45, 2.75) is 32.9 Å². The average Bonchev–Trinajstić information content (AvgIpc) is 2.71. The van der Waals surface area contributed by atoms with E-state index in [0.29, 0.717) is 17.7 Å². The first kappa shape index (κ1) is 13.2. The molecule has 0 radical (unpaired) electrons. The van der Waals surface area contributed by atoms with Crippen molar-refractivity contribution in [1.82, 2.24) is 24.6 Å². The second kappa shape index (κ2) is 5.20. The van der Waals surface area contributed by atoms with Gasteiger partial charge in [-0.2, -0.15) is 5.10 Å². The summed E-state index contributed by atoms with van der Waals surface area (Å²) in [6, 6.07) is 0.495. The molecule has 98 valence electrons. The highest BCUT2D eigenvalue weighted by atomic mass is 35.5. The summed E-state index contributed by atoms with van der Waals surface area (Å²) < 4.78 is 1.72. The van der Waals surface area contributed by atoms with E-state index < -0.39 is 0 Å². The van der Waals surface area contributed by atoms with Crippen LogP contribution in [0, 0.1) is 0 Å². The zero-order valence-electron chi connectivity index (χ0n) is 11.2. The van der Waals surface area contributed by atoms with Gasteiger partial charge in [-0.05, 0) is 20.4 Å². The first-order valence-corrected chi connectivity index (χ1v) is 6.45. The molecule has 2 rings (SSSR count). The molecule has 2 heterocycles. The summed E-state index contributed by atoms with van der Waals surface area (Å²) in [5.74, 6) is 0.735. The number of halogens is 1. The van der Waals surface area contributed by atoms with E-state index in [-0.39, 0.29) is 0 Å². The van der Waals surface area contributed by atoms with Gasteiger partial charge in [0.1, 0.15) is 11.0 Å². The number of aromatic nitrogens is 4. The van der Waals surface area contributed by atoms with E-state index in [2.05, 4.69) is 40.9 Å². The average molecular weight is 268 g/mol. The monoisotopic (exact) mass is 267 g/mol. The third-order valence-electron chi connectivity index (χ3n) is 3.33. The lowest BCUT2D eigenvalue weighted by atomic mass is 10.2. The number of nitrogens with zero attached hydrogens (tertiary/aromatic N) is 5. The quantitative estimate of drug-likeness (QED) is 0.797. The molecule has 0 spiro atoms. The van der Waals surface area contributed by atoms with Gasteiger partial charge in [-0.3, -0.25) is 9.58 Å². The fourth-order valence-electron chi connectivity index (χ4n) is 1.79. The zero-order chi connectivity index (χ0) is 13.3. The van der Waals surface area contributed by atoms with E-state index in [1.807, 2.05) is 7.05 Å². The minimum atomic E-state index is 0.473. The molecule has 2 aromatic heterocycles. The van der Waals surface area contributed by atoms with Crippen molar-refractivity contribution in [3.63, 3.8) is 0 Å². The van der Waals surface area contributed by atoms with Crippen LogP contribution in [-0.4, -0.2) is 37.7 Å². The molecule has 0 amide bonds. The molecule has 0 N–H and O–H groups in total. The predicted molar refractivity (Wildman–Crippen MR) is 72.5 cm³/mol. The van der Waals surface area contributed by atoms with Crippen molar-refractivity contribution in [2.75, 3.05) is 7.05 Å². The standard InChI is InChI=1S/C12H18ClN5/c1-5-8(2)17(3)7-10-15-11(13)9-6-14-18(4)12(9)16-10/h6,8H,5,7H2,1-4H3. The van der Waals surface area contributed by atoms with Crippen LogP contribution >= 0.6 is 11.6 Å². The van der Waals surface area contributed by atoms with Gasteiger partial charge in [0.2, 0.25) is 0 Å². The van der Waals surface area contributed by atoms with Crippen LogP contribution < -0.4 is 0 Å². The van der Waals surface area contributed by atoms with Gasteiger partial charge in [0, 0.05) is 13.1 Å². The van der Waals surface area contributed by atoms with Gasteiger partial charge in [0.15, 0.2) is 5.65 Å². The van der Waals surface area contributed by atoms with Crippen LogP contribution in [0.4, 0.5) is 0 Å². The third kappa shape index (κ3) is 2.47. The second-order valence-corrected chi connectivity index (χ2v) is 4.97. The Labute approximate surface area is 112 Å². The first-order chi connectivity index (χ1) is 8.52. The zero-order valence-corrected chi connectivity index (χ0v) is 11.9. The predicted octanol–water partition coefficient (Wildman–Crippen LogP) is 2.25. The van der Waals surface area contributed by atoms with E-state index >= 15 is 0 Å². The lowest BCUT2D eigenvalue weighted by Gasteiger charge is -2.22. The molecule has 0 saturated carbocycles. The van der Waals surface area contributed by atoms with Gasteiger partial charge in [-0.25, -0.2) is 9.97 Å². The summed E-state index contributed by atoms with van der Waals surface area (Å²) in [5, 5.41) is 5.42. The molecule has 0 fully saturated rings. The van der Waals surface area contributed by atoms with Crippen LogP contribution in [0.3, 0.4) is 0 Å². The van der Waals surface area contributed by atoms with Crippen LogP contribution in [0.1, 0.15) is 26.1 Å². The fourth-order valence-corrected chi connectivity index (χ4v) is 2.02. The molecule has 0 saturated heterocycles. The summed E-state index contributed by atoms with van der Waals surface area (Å²) in [6.45, 7) is 5.04. The summed E-state index contributed by atoms with van der Waals surface area (Å²) >= 11 is 6.15. The van der Waals surface area contributed by atoms with Gasteiger partial charge < -0.3 is 0 Å². The van der Waals surface area contributed by atoms with Crippen molar-refractivity contribution >= 4 is 22.6 Å². The van der Waals surface area contributed by atoms with E-state index in [1.165, 1.54) is 0 Å². The fraction of sp³-hybridized carbons (Fsp3) is 0.583. The number of hydrogen-bond donors (Lipinski definition) is 0. The molecule has 0 aromatic carbocycles. The van der Waals surface area contributed by atoms with Crippen LogP contribution in [0.5, 0.6) is 0 Å². The van der Waals surface area contributed by atoms with Crippen molar-refractivity contribution in [3.8, 4) is 0 Å². The maximum Gasteiger partial charge on any atom is 0.162 e. The highest BCUT2D eigenvalue weighted by Gasteiger charge is 2.13. The number of rotatable bonds is 4. The molecule has 2 aromatic rings. The minimum Gasteiger partial charge on any atom is -0.296 e. The highest BCUT2D eigenvalue weighted by Crippen LogP contribution is 2.19. The molecule has 1 unspecified atom stereocenters. The Kier molecular flexibility index (Phi) is 3.82. The Morgan fingerprint density at radius 2 is 2.17 bits per heavy atom. The van der Waals surface area contributed by atoms with E-state index in [9.17, 15) is 0 Å². The lowest BCUT2D eigenvalue weighted by Crippen LogP contribution is -2.28. The Morgan fingerprint density at radius 1 is 1.44 bits per heavy atom. The lowest BCUT2D eigenvalue weighted by molar-refractivity contribution is 0.238. The maximum atomic E-state index is 6.15. The van der Waals surface area contributed by atoms with Crippen LogP contribution in [0.25, 0.3) is 11.0 Å². The Balaban J connectivity index is 2.31. The van der Waals surface area contributed by atoms with E-state index in [1.54, 1.807) is 10.9 Å². The molecule has 0 aliphatic carbocycles. The molecule has 1 atom stereocenters. The third-order valence-corrected chi connectivity index (χ3v) is 3.61. The number of fused-ring (bicyclic) bond motifs is 1. The summed E-state index contributed by atoms with van der Waals surface area (Å²) in [7, 11) is 3.92. The Hall–Kier alpha value is -1.20. The van der Waals surface area contributed by atoms with Crippen LogP contribution in [0.2, 0.25) is 5.15 Å². The van der Waals surface area contributed by atoms with Crippen LogP contribution in [-0.2, 0) is 13.6 Å². The maximum absolute atomic E-state index is 6.15. The van der Waals surface area contributed by atoms with Crippen molar-refractivity contribution in [1.29, 1.82) is 0 Å². The topological polar surface area (TPSA) is 46.8 Å². The molecule has 6 heteroatoms. The summed E-state index contributed by atoms with van der Waals surface area (Å²) in [5.41, 5.74) is 0.780.